The molecule has 0 heterocycles. The summed E-state index contributed by atoms with van der Waals surface area (Å²) in [7, 11) is 1.84. The Labute approximate surface area is 103 Å². The van der Waals surface area contributed by atoms with Crippen LogP contribution in [0.3, 0.4) is 0 Å². The van der Waals surface area contributed by atoms with Crippen molar-refractivity contribution in [3.05, 3.63) is 47.7 Å². The van der Waals surface area contributed by atoms with Crippen molar-refractivity contribution in [1.29, 1.82) is 0 Å². The van der Waals surface area contributed by atoms with Gasteiger partial charge in [-0.2, -0.15) is 0 Å². The summed E-state index contributed by atoms with van der Waals surface area (Å²) in [5, 5.41) is 2.99. The van der Waals surface area contributed by atoms with Gasteiger partial charge in [-0.25, -0.2) is 0 Å². The molecule has 2 aliphatic rings. The van der Waals surface area contributed by atoms with Crippen molar-refractivity contribution >= 4 is 5.78 Å². The molecular formula is C15H19NO. The Morgan fingerprint density at radius 3 is 2.76 bits per heavy atom. The average molecular weight is 229 g/mol. The van der Waals surface area contributed by atoms with Crippen LogP contribution in [0.2, 0.25) is 0 Å². The first-order chi connectivity index (χ1) is 8.15. The molecule has 2 rings (SSSR count). The summed E-state index contributed by atoms with van der Waals surface area (Å²) in [4.78, 5) is 12.4. The molecule has 0 spiro atoms. The van der Waals surface area contributed by atoms with Crippen molar-refractivity contribution in [2.45, 2.75) is 13.8 Å². The highest BCUT2D eigenvalue weighted by molar-refractivity contribution is 6.01. The van der Waals surface area contributed by atoms with E-state index in [4.69, 9.17) is 0 Å². The second-order valence-electron chi connectivity index (χ2n) is 4.91. The second-order valence-corrected chi connectivity index (χ2v) is 4.91. The number of carbonyl (C=O) groups excluding carboxylic acids is 1. The molecule has 90 valence electrons. The van der Waals surface area contributed by atoms with Crippen molar-refractivity contribution in [2.75, 3.05) is 7.05 Å². The maximum absolute atomic E-state index is 12.4. The van der Waals surface area contributed by atoms with Gasteiger partial charge in [0.05, 0.1) is 0 Å². The molecular weight excluding hydrogens is 210 g/mol. The van der Waals surface area contributed by atoms with E-state index >= 15 is 0 Å². The lowest BCUT2D eigenvalue weighted by Crippen LogP contribution is -2.30. The highest BCUT2D eigenvalue weighted by Gasteiger charge is 2.33. The predicted molar refractivity (Wildman–Crippen MR) is 70.3 cm³/mol. The number of nitrogens with one attached hydrogen (secondary N) is 1. The van der Waals surface area contributed by atoms with Crippen LogP contribution in [-0.2, 0) is 4.79 Å². The minimum absolute atomic E-state index is 0.0111. The minimum Gasteiger partial charge on any atom is -0.394 e. The molecule has 0 aromatic carbocycles. The molecule has 17 heavy (non-hydrogen) atoms. The number of carbonyl (C=O) groups is 1. The fourth-order valence-corrected chi connectivity index (χ4v) is 2.44. The van der Waals surface area contributed by atoms with Gasteiger partial charge in [-0.05, 0) is 11.5 Å². The Hall–Kier alpha value is -1.57. The molecule has 2 nitrogen and oxygen atoms in total. The van der Waals surface area contributed by atoms with Crippen LogP contribution in [0.5, 0.6) is 0 Å². The number of allylic oxidation sites excluding steroid dienone is 7. The van der Waals surface area contributed by atoms with Crippen LogP contribution in [-0.4, -0.2) is 12.8 Å². The standard InChI is InChI=1S/C15H19NO/c1-10(2)13-8-11-6-4-5-7-12(11)14(9-16-3)15(13)17/h4-10,12-13,16H,1-3H3/b14-9-. The van der Waals surface area contributed by atoms with Crippen LogP contribution in [0.4, 0.5) is 0 Å². The van der Waals surface area contributed by atoms with Crippen molar-refractivity contribution in [3.8, 4) is 0 Å². The van der Waals surface area contributed by atoms with Gasteiger partial charge in [0.25, 0.3) is 0 Å². The van der Waals surface area contributed by atoms with E-state index in [0.717, 1.165) is 5.57 Å². The van der Waals surface area contributed by atoms with Gasteiger partial charge in [0, 0.05) is 30.7 Å². The van der Waals surface area contributed by atoms with E-state index in [1.54, 1.807) is 0 Å². The van der Waals surface area contributed by atoms with Gasteiger partial charge in [0.1, 0.15) is 0 Å². The van der Waals surface area contributed by atoms with Gasteiger partial charge >= 0.3 is 0 Å². The Balaban J connectivity index is 2.46. The molecule has 0 aromatic rings. The summed E-state index contributed by atoms with van der Waals surface area (Å²) < 4.78 is 0. The molecule has 0 saturated carbocycles. The lowest BCUT2D eigenvalue weighted by molar-refractivity contribution is -0.119. The van der Waals surface area contributed by atoms with Crippen molar-refractivity contribution in [3.63, 3.8) is 0 Å². The lowest BCUT2D eigenvalue weighted by atomic mass is 9.73. The van der Waals surface area contributed by atoms with Crippen LogP contribution in [0.1, 0.15) is 13.8 Å². The van der Waals surface area contributed by atoms with Gasteiger partial charge in [0.2, 0.25) is 0 Å². The van der Waals surface area contributed by atoms with E-state index in [9.17, 15) is 4.79 Å². The number of rotatable bonds is 2. The van der Waals surface area contributed by atoms with Crippen LogP contribution in [0, 0.1) is 17.8 Å². The quantitative estimate of drug-likeness (QED) is 0.737. The molecule has 0 bridgehead atoms. The molecule has 0 amide bonds. The molecule has 0 saturated heterocycles. The molecule has 2 unspecified atom stereocenters. The van der Waals surface area contributed by atoms with Crippen LogP contribution in [0.15, 0.2) is 47.7 Å². The zero-order chi connectivity index (χ0) is 12.4. The third-order valence-corrected chi connectivity index (χ3v) is 3.37. The van der Waals surface area contributed by atoms with Crippen molar-refractivity contribution in [1.82, 2.24) is 5.32 Å². The Morgan fingerprint density at radius 1 is 1.35 bits per heavy atom. The van der Waals surface area contributed by atoms with Crippen LogP contribution >= 0.6 is 0 Å². The van der Waals surface area contributed by atoms with Gasteiger partial charge in [-0.1, -0.05) is 44.2 Å². The molecule has 0 aromatic heterocycles. The number of Topliss-reactive ketones (excluding diaryl/α,β-unsaturated/α-hetero) is 1. The van der Waals surface area contributed by atoms with Crippen LogP contribution in [0.25, 0.3) is 0 Å². The lowest BCUT2D eigenvalue weighted by Gasteiger charge is -2.30. The molecule has 1 N–H and O–H groups in total. The average Bonchev–Trinajstić information content (AvgIpc) is 2.32. The first-order valence-electron chi connectivity index (χ1n) is 6.13. The summed E-state index contributed by atoms with van der Waals surface area (Å²) in [6, 6.07) is 0. The smallest absolute Gasteiger partial charge is 0.168 e. The number of ketones is 1. The molecule has 0 fully saturated rings. The van der Waals surface area contributed by atoms with E-state index in [1.165, 1.54) is 5.57 Å². The molecule has 0 aliphatic heterocycles. The van der Waals surface area contributed by atoms with Gasteiger partial charge in [-0.15, -0.1) is 0 Å². The zero-order valence-corrected chi connectivity index (χ0v) is 10.6. The number of hydrogen-bond donors (Lipinski definition) is 1. The third kappa shape index (κ3) is 2.12. The molecule has 0 radical (unpaired) electrons. The van der Waals surface area contributed by atoms with Gasteiger partial charge in [-0.3, -0.25) is 4.79 Å². The Bertz CT molecular complexity index is 438. The minimum atomic E-state index is 0.0111. The van der Waals surface area contributed by atoms with Crippen molar-refractivity contribution < 1.29 is 4.79 Å². The maximum Gasteiger partial charge on any atom is 0.168 e. The fraction of sp³-hybridized carbons (Fsp3) is 0.400. The van der Waals surface area contributed by atoms with Crippen LogP contribution < -0.4 is 5.32 Å². The molecule has 2 atom stereocenters. The first kappa shape index (κ1) is 11.9. The van der Waals surface area contributed by atoms with Gasteiger partial charge in [0.15, 0.2) is 5.78 Å². The SMILES string of the molecule is CN/C=C1\C(=O)C(C(C)C)C=C2C=CC=CC21. The second kappa shape index (κ2) is 4.74. The number of fused-ring (bicyclic) bond motifs is 1. The summed E-state index contributed by atoms with van der Waals surface area (Å²) in [5.41, 5.74) is 2.12. The highest BCUT2D eigenvalue weighted by atomic mass is 16.1. The van der Waals surface area contributed by atoms with E-state index in [2.05, 4.69) is 37.4 Å². The Morgan fingerprint density at radius 2 is 2.12 bits per heavy atom. The monoisotopic (exact) mass is 229 g/mol. The number of hydrogen-bond acceptors (Lipinski definition) is 2. The first-order valence-corrected chi connectivity index (χ1v) is 6.13. The normalized spacial score (nSPS) is 29.5. The van der Waals surface area contributed by atoms with E-state index in [-0.39, 0.29) is 17.6 Å². The summed E-state index contributed by atoms with van der Waals surface area (Å²) in [6.45, 7) is 4.19. The summed E-state index contributed by atoms with van der Waals surface area (Å²) >= 11 is 0. The Kier molecular flexibility index (Phi) is 3.32. The third-order valence-electron chi connectivity index (χ3n) is 3.37. The zero-order valence-electron chi connectivity index (χ0n) is 10.6. The van der Waals surface area contributed by atoms with E-state index < -0.39 is 0 Å². The molecule has 2 heteroatoms. The van der Waals surface area contributed by atoms with E-state index in [1.807, 2.05) is 25.4 Å². The summed E-state index contributed by atoms with van der Waals surface area (Å²) in [6.07, 6.45) is 12.2. The van der Waals surface area contributed by atoms with Crippen molar-refractivity contribution in [2.24, 2.45) is 17.8 Å². The highest BCUT2D eigenvalue weighted by Crippen LogP contribution is 2.36. The predicted octanol–water partition coefficient (Wildman–Crippen LogP) is 2.61. The molecule has 2 aliphatic carbocycles. The van der Waals surface area contributed by atoms with E-state index in [0.29, 0.717) is 5.92 Å². The fourth-order valence-electron chi connectivity index (χ4n) is 2.44. The van der Waals surface area contributed by atoms with Gasteiger partial charge < -0.3 is 5.32 Å². The largest absolute Gasteiger partial charge is 0.394 e. The summed E-state index contributed by atoms with van der Waals surface area (Å²) in [5.74, 6) is 0.741. The maximum atomic E-state index is 12.4. The topological polar surface area (TPSA) is 29.1 Å².